The Kier molecular flexibility index (Phi) is 4.27. The molecule has 2 aromatic rings. The number of hydrogen-bond acceptors (Lipinski definition) is 5. The Bertz CT molecular complexity index is 695. The van der Waals surface area contributed by atoms with Gasteiger partial charge in [-0.25, -0.2) is 4.98 Å². The van der Waals surface area contributed by atoms with E-state index in [1.54, 1.807) is 12.3 Å². The molecule has 3 heterocycles. The fraction of sp³-hybridized carbons (Fsp3) is 0.500. The van der Waals surface area contributed by atoms with E-state index in [4.69, 9.17) is 0 Å². The highest BCUT2D eigenvalue weighted by Gasteiger charge is 2.24. The first-order chi connectivity index (χ1) is 11.1. The number of nitrogens with one attached hydrogen (secondary N) is 1. The number of hydrogen-bond donors (Lipinski definition) is 1. The maximum atomic E-state index is 12.6. The Morgan fingerprint density at radius 1 is 1.43 bits per heavy atom. The summed E-state index contributed by atoms with van der Waals surface area (Å²) in [5, 5.41) is 11.6. The van der Waals surface area contributed by atoms with Crippen LogP contribution < -0.4 is 10.2 Å². The standard InChI is InChI=1S/C16H22N6O/c1-4-13-19-20-14-8-7-11(10-22(13)14)18-16(23)12-6-5-9-17-15(12)21(2)3/h5-6,9,11H,4,7-8,10H2,1-3H3,(H,18,23)/t11-/m0/s1. The van der Waals surface area contributed by atoms with Gasteiger partial charge in [-0.3, -0.25) is 4.79 Å². The maximum absolute atomic E-state index is 12.6. The molecule has 1 amide bonds. The molecule has 23 heavy (non-hydrogen) atoms. The minimum Gasteiger partial charge on any atom is -0.362 e. The van der Waals surface area contributed by atoms with Crippen LogP contribution in [0.1, 0.15) is 35.4 Å². The zero-order valence-electron chi connectivity index (χ0n) is 13.8. The molecule has 7 nitrogen and oxygen atoms in total. The molecule has 0 fully saturated rings. The van der Waals surface area contributed by atoms with Crippen LogP contribution in [0.2, 0.25) is 0 Å². The Labute approximate surface area is 135 Å². The molecule has 3 rings (SSSR count). The second-order valence-corrected chi connectivity index (χ2v) is 5.97. The van der Waals surface area contributed by atoms with Gasteiger partial charge in [-0.15, -0.1) is 10.2 Å². The zero-order chi connectivity index (χ0) is 16.4. The quantitative estimate of drug-likeness (QED) is 0.913. The topological polar surface area (TPSA) is 75.9 Å². The normalized spacial score (nSPS) is 16.7. The van der Waals surface area contributed by atoms with Gasteiger partial charge in [-0.1, -0.05) is 6.92 Å². The number of pyridine rings is 1. The van der Waals surface area contributed by atoms with Crippen LogP contribution in [0.5, 0.6) is 0 Å². The van der Waals surface area contributed by atoms with Crippen molar-refractivity contribution in [1.29, 1.82) is 0 Å². The predicted octanol–water partition coefficient (Wildman–Crippen LogP) is 1.05. The molecule has 1 atom stereocenters. The third-order valence-corrected chi connectivity index (χ3v) is 4.13. The first kappa shape index (κ1) is 15.5. The van der Waals surface area contributed by atoms with Crippen LogP contribution in [0.15, 0.2) is 18.3 Å². The van der Waals surface area contributed by atoms with Gasteiger partial charge in [0, 0.05) is 45.7 Å². The minimum atomic E-state index is -0.0821. The van der Waals surface area contributed by atoms with Gasteiger partial charge in [0.15, 0.2) is 0 Å². The van der Waals surface area contributed by atoms with Gasteiger partial charge in [-0.2, -0.15) is 0 Å². The van der Waals surface area contributed by atoms with Gasteiger partial charge >= 0.3 is 0 Å². The summed E-state index contributed by atoms with van der Waals surface area (Å²) >= 11 is 0. The van der Waals surface area contributed by atoms with E-state index in [2.05, 4.69) is 32.0 Å². The van der Waals surface area contributed by atoms with E-state index in [9.17, 15) is 4.79 Å². The molecular weight excluding hydrogens is 292 g/mol. The van der Waals surface area contributed by atoms with Gasteiger partial charge in [-0.05, 0) is 18.6 Å². The van der Waals surface area contributed by atoms with E-state index < -0.39 is 0 Å². The minimum absolute atomic E-state index is 0.0821. The molecule has 1 N–H and O–H groups in total. The van der Waals surface area contributed by atoms with Crippen molar-refractivity contribution in [2.45, 2.75) is 38.8 Å². The molecule has 0 saturated heterocycles. The van der Waals surface area contributed by atoms with E-state index in [-0.39, 0.29) is 11.9 Å². The first-order valence-corrected chi connectivity index (χ1v) is 7.94. The van der Waals surface area contributed by atoms with E-state index >= 15 is 0 Å². The Hall–Kier alpha value is -2.44. The lowest BCUT2D eigenvalue weighted by Gasteiger charge is -2.26. The third kappa shape index (κ3) is 3.04. The summed E-state index contributed by atoms with van der Waals surface area (Å²) in [7, 11) is 3.77. The van der Waals surface area contributed by atoms with Crippen molar-refractivity contribution < 1.29 is 4.79 Å². The van der Waals surface area contributed by atoms with Gasteiger partial charge in [0.1, 0.15) is 17.5 Å². The fourth-order valence-corrected chi connectivity index (χ4v) is 2.96. The number of rotatable bonds is 4. The monoisotopic (exact) mass is 314 g/mol. The lowest BCUT2D eigenvalue weighted by Crippen LogP contribution is -2.41. The molecular formula is C16H22N6O. The maximum Gasteiger partial charge on any atom is 0.255 e. The van der Waals surface area contributed by atoms with Gasteiger partial charge in [0.05, 0.1) is 5.56 Å². The van der Waals surface area contributed by atoms with Crippen molar-refractivity contribution >= 4 is 11.7 Å². The number of anilines is 1. The highest BCUT2D eigenvalue weighted by Crippen LogP contribution is 2.18. The van der Waals surface area contributed by atoms with Crippen LogP contribution in [0.25, 0.3) is 0 Å². The zero-order valence-corrected chi connectivity index (χ0v) is 13.8. The number of aromatic nitrogens is 4. The van der Waals surface area contributed by atoms with Crippen LogP contribution in [-0.4, -0.2) is 45.8 Å². The average molecular weight is 314 g/mol. The summed E-state index contributed by atoms with van der Waals surface area (Å²) < 4.78 is 2.13. The summed E-state index contributed by atoms with van der Waals surface area (Å²) in [6.07, 6.45) is 4.27. The SMILES string of the molecule is CCc1nnc2n1C[C@@H](NC(=O)c1cccnc1N(C)C)CC2. The van der Waals surface area contributed by atoms with Crippen LogP contribution >= 0.6 is 0 Å². The Morgan fingerprint density at radius 3 is 3.00 bits per heavy atom. The number of carbonyl (C=O) groups excluding carboxylic acids is 1. The second kappa shape index (κ2) is 6.36. The molecule has 7 heteroatoms. The average Bonchev–Trinajstić information content (AvgIpc) is 2.97. The number of amides is 1. The molecule has 0 bridgehead atoms. The third-order valence-electron chi connectivity index (χ3n) is 4.13. The Morgan fingerprint density at radius 2 is 2.26 bits per heavy atom. The van der Waals surface area contributed by atoms with Crippen molar-refractivity contribution in [3.63, 3.8) is 0 Å². The molecule has 2 aromatic heterocycles. The molecule has 0 saturated carbocycles. The summed E-state index contributed by atoms with van der Waals surface area (Å²) in [6, 6.07) is 3.68. The summed E-state index contributed by atoms with van der Waals surface area (Å²) in [4.78, 5) is 18.8. The number of carbonyl (C=O) groups is 1. The summed E-state index contributed by atoms with van der Waals surface area (Å²) in [5.74, 6) is 2.60. The highest BCUT2D eigenvalue weighted by atomic mass is 16.1. The lowest BCUT2D eigenvalue weighted by atomic mass is 10.1. The molecule has 0 spiro atoms. The fourth-order valence-electron chi connectivity index (χ4n) is 2.96. The van der Waals surface area contributed by atoms with Crippen LogP contribution in [0, 0.1) is 0 Å². The predicted molar refractivity (Wildman–Crippen MR) is 87.5 cm³/mol. The second-order valence-electron chi connectivity index (χ2n) is 5.97. The van der Waals surface area contributed by atoms with Crippen molar-refractivity contribution in [3.05, 3.63) is 35.5 Å². The largest absolute Gasteiger partial charge is 0.362 e. The molecule has 0 aliphatic carbocycles. The van der Waals surface area contributed by atoms with Crippen molar-refractivity contribution in [2.75, 3.05) is 19.0 Å². The number of nitrogens with zero attached hydrogens (tertiary/aromatic N) is 5. The molecule has 1 aliphatic heterocycles. The summed E-state index contributed by atoms with van der Waals surface area (Å²) in [5.41, 5.74) is 0.600. The smallest absolute Gasteiger partial charge is 0.255 e. The van der Waals surface area contributed by atoms with Crippen LogP contribution in [0.3, 0.4) is 0 Å². The van der Waals surface area contributed by atoms with Crippen molar-refractivity contribution in [3.8, 4) is 0 Å². The van der Waals surface area contributed by atoms with Crippen LogP contribution in [-0.2, 0) is 19.4 Å². The van der Waals surface area contributed by atoms with E-state index in [1.165, 1.54) is 0 Å². The molecule has 1 aliphatic rings. The Balaban J connectivity index is 1.75. The molecule has 0 unspecified atom stereocenters. The first-order valence-electron chi connectivity index (χ1n) is 7.94. The lowest BCUT2D eigenvalue weighted by molar-refractivity contribution is 0.0927. The number of fused-ring (bicyclic) bond motifs is 1. The van der Waals surface area contributed by atoms with Gasteiger partial charge in [0.25, 0.3) is 5.91 Å². The molecule has 0 radical (unpaired) electrons. The van der Waals surface area contributed by atoms with Gasteiger partial charge < -0.3 is 14.8 Å². The van der Waals surface area contributed by atoms with Crippen molar-refractivity contribution in [1.82, 2.24) is 25.1 Å². The van der Waals surface area contributed by atoms with Crippen LogP contribution in [0.4, 0.5) is 5.82 Å². The number of aryl methyl sites for hydroxylation is 2. The van der Waals surface area contributed by atoms with E-state index in [0.29, 0.717) is 11.4 Å². The van der Waals surface area contributed by atoms with E-state index in [0.717, 1.165) is 37.5 Å². The molecule has 122 valence electrons. The van der Waals surface area contributed by atoms with E-state index in [1.807, 2.05) is 25.1 Å². The van der Waals surface area contributed by atoms with Crippen molar-refractivity contribution in [2.24, 2.45) is 0 Å². The summed E-state index contributed by atoms with van der Waals surface area (Å²) in [6.45, 7) is 2.80. The van der Waals surface area contributed by atoms with Gasteiger partial charge in [0.2, 0.25) is 0 Å². The molecule has 0 aromatic carbocycles. The highest BCUT2D eigenvalue weighted by molar-refractivity contribution is 5.99.